The molecule has 1 aromatic heterocycles. The first-order valence-electron chi connectivity index (χ1n) is 8.42. The zero-order valence-corrected chi connectivity index (χ0v) is 15.1. The van der Waals surface area contributed by atoms with Gasteiger partial charge in [-0.25, -0.2) is 0 Å². The maximum Gasteiger partial charge on any atom is 0.269 e. The average Bonchev–Trinajstić information content (AvgIpc) is 3.17. The third-order valence-corrected chi connectivity index (χ3v) is 2.62. The fraction of sp³-hybridized carbons (Fsp3) is 0.200. The molecule has 0 spiro atoms. The van der Waals surface area contributed by atoms with Crippen molar-refractivity contribution in [3.63, 3.8) is 0 Å². The molecule has 0 N–H and O–H groups in total. The van der Waals surface area contributed by atoms with Crippen molar-refractivity contribution in [3.05, 3.63) is 72.4 Å². The van der Waals surface area contributed by atoms with Crippen LogP contribution >= 0.6 is 0 Å². The van der Waals surface area contributed by atoms with E-state index < -0.39 is 0 Å². The van der Waals surface area contributed by atoms with Gasteiger partial charge in [0, 0.05) is 0 Å². The van der Waals surface area contributed by atoms with E-state index in [9.17, 15) is 0 Å². The molecule has 130 valence electrons. The Morgan fingerprint density at radius 1 is 0.720 bits per heavy atom. The van der Waals surface area contributed by atoms with E-state index in [0.29, 0.717) is 11.7 Å². The highest BCUT2D eigenvalue weighted by molar-refractivity contribution is 5.80. The molecular weight excluding hydrogens is 312 g/mol. The van der Waals surface area contributed by atoms with E-state index in [-0.39, 0.29) is 0 Å². The standard InChI is InChI=1S/C16H12N4O.2C2H6/c1-3-7-13(8-4-1)17-11-15-19-16(21-20-15)12-18-14-9-5-2-6-10-14;2*1-2/h1-12H;2*1-2H3. The number of hydrogen-bond acceptors (Lipinski definition) is 5. The molecule has 0 unspecified atom stereocenters. The summed E-state index contributed by atoms with van der Waals surface area (Å²) in [6.07, 6.45) is 3.08. The Morgan fingerprint density at radius 3 is 1.72 bits per heavy atom. The summed E-state index contributed by atoms with van der Waals surface area (Å²) < 4.78 is 5.07. The normalized spacial score (nSPS) is 10.1. The number of hydrogen-bond donors (Lipinski definition) is 0. The first kappa shape index (κ1) is 20.0. The molecule has 0 aliphatic rings. The maximum absolute atomic E-state index is 5.07. The second kappa shape index (κ2) is 12.4. The molecule has 3 rings (SSSR count). The van der Waals surface area contributed by atoms with Crippen LogP contribution in [0.4, 0.5) is 11.4 Å². The highest BCUT2D eigenvalue weighted by atomic mass is 16.5. The van der Waals surface area contributed by atoms with E-state index in [0.717, 1.165) is 11.4 Å². The van der Waals surface area contributed by atoms with Gasteiger partial charge >= 0.3 is 0 Å². The molecule has 0 saturated heterocycles. The van der Waals surface area contributed by atoms with E-state index in [1.165, 1.54) is 6.21 Å². The molecule has 0 radical (unpaired) electrons. The zero-order chi connectivity index (χ0) is 18.3. The van der Waals surface area contributed by atoms with Crippen LogP contribution in [0.1, 0.15) is 39.4 Å². The third-order valence-electron chi connectivity index (χ3n) is 2.62. The summed E-state index contributed by atoms with van der Waals surface area (Å²) in [6, 6.07) is 19.1. The van der Waals surface area contributed by atoms with Crippen LogP contribution in [-0.2, 0) is 0 Å². The van der Waals surface area contributed by atoms with E-state index in [4.69, 9.17) is 4.52 Å². The van der Waals surface area contributed by atoms with Crippen LogP contribution in [0.25, 0.3) is 0 Å². The summed E-state index contributed by atoms with van der Waals surface area (Å²) in [6.45, 7) is 8.00. The van der Waals surface area contributed by atoms with Crippen LogP contribution in [0.15, 0.2) is 75.2 Å². The van der Waals surface area contributed by atoms with Gasteiger partial charge < -0.3 is 4.52 Å². The van der Waals surface area contributed by atoms with Gasteiger partial charge in [-0.3, -0.25) is 9.98 Å². The predicted octanol–water partition coefficient (Wildman–Crippen LogP) is 5.62. The Hall–Kier alpha value is -3.08. The number of aromatic nitrogens is 2. The van der Waals surface area contributed by atoms with Crippen molar-refractivity contribution in [2.45, 2.75) is 27.7 Å². The first-order chi connectivity index (χ1) is 12.4. The molecule has 0 saturated carbocycles. The molecule has 25 heavy (non-hydrogen) atoms. The Bertz CT molecular complexity index is 686. The van der Waals surface area contributed by atoms with Crippen LogP contribution in [0.3, 0.4) is 0 Å². The quantitative estimate of drug-likeness (QED) is 0.580. The number of aliphatic imine (C=N–C) groups is 2. The molecule has 3 aromatic rings. The van der Waals surface area contributed by atoms with E-state index in [1.807, 2.05) is 88.4 Å². The van der Waals surface area contributed by atoms with Crippen molar-refractivity contribution < 1.29 is 4.52 Å². The predicted molar refractivity (Wildman–Crippen MR) is 104 cm³/mol. The number of benzene rings is 2. The fourth-order valence-electron chi connectivity index (χ4n) is 1.64. The Balaban J connectivity index is 0.000000730. The zero-order valence-electron chi connectivity index (χ0n) is 15.1. The molecule has 2 aromatic carbocycles. The lowest BCUT2D eigenvalue weighted by Crippen LogP contribution is -1.85. The van der Waals surface area contributed by atoms with Crippen molar-refractivity contribution in [1.82, 2.24) is 10.1 Å². The van der Waals surface area contributed by atoms with Gasteiger partial charge in [-0.2, -0.15) is 4.98 Å². The maximum atomic E-state index is 5.07. The van der Waals surface area contributed by atoms with Crippen LogP contribution in [0.2, 0.25) is 0 Å². The molecule has 5 heteroatoms. The van der Waals surface area contributed by atoms with Gasteiger partial charge in [0.2, 0.25) is 5.82 Å². The lowest BCUT2D eigenvalue weighted by molar-refractivity contribution is 0.411. The molecule has 0 bridgehead atoms. The molecule has 0 fully saturated rings. The highest BCUT2D eigenvalue weighted by Gasteiger charge is 2.00. The summed E-state index contributed by atoms with van der Waals surface area (Å²) in [5.41, 5.74) is 1.66. The second-order valence-electron chi connectivity index (χ2n) is 4.18. The number of nitrogens with zero attached hydrogens (tertiary/aromatic N) is 4. The van der Waals surface area contributed by atoms with E-state index in [1.54, 1.807) is 6.21 Å². The Labute approximate surface area is 149 Å². The van der Waals surface area contributed by atoms with Crippen LogP contribution in [0, 0.1) is 0 Å². The number of para-hydroxylation sites is 2. The van der Waals surface area contributed by atoms with E-state index in [2.05, 4.69) is 20.1 Å². The van der Waals surface area contributed by atoms with Crippen molar-refractivity contribution in [2.24, 2.45) is 9.98 Å². The molecule has 0 amide bonds. The lowest BCUT2D eigenvalue weighted by atomic mass is 10.3. The average molecular weight is 336 g/mol. The van der Waals surface area contributed by atoms with Gasteiger partial charge in [-0.1, -0.05) is 69.2 Å². The van der Waals surface area contributed by atoms with E-state index >= 15 is 0 Å². The smallest absolute Gasteiger partial charge is 0.269 e. The Kier molecular flexibility index (Phi) is 9.87. The van der Waals surface area contributed by atoms with Crippen molar-refractivity contribution in [2.75, 3.05) is 0 Å². The minimum atomic E-state index is 0.341. The minimum Gasteiger partial charge on any atom is -0.333 e. The van der Waals surface area contributed by atoms with Gasteiger partial charge in [0.1, 0.15) is 0 Å². The van der Waals surface area contributed by atoms with Crippen LogP contribution in [-0.4, -0.2) is 22.6 Å². The van der Waals surface area contributed by atoms with Crippen molar-refractivity contribution >= 4 is 23.8 Å². The van der Waals surface area contributed by atoms with Crippen LogP contribution < -0.4 is 0 Å². The third kappa shape index (κ3) is 7.35. The summed E-state index contributed by atoms with van der Waals surface area (Å²) in [5, 5.41) is 3.82. The molecular formula is C20H24N4O. The fourth-order valence-corrected chi connectivity index (χ4v) is 1.64. The first-order valence-corrected chi connectivity index (χ1v) is 8.42. The number of rotatable bonds is 4. The molecule has 1 heterocycles. The largest absolute Gasteiger partial charge is 0.333 e. The van der Waals surface area contributed by atoms with Gasteiger partial charge in [0.15, 0.2) is 0 Å². The second-order valence-corrected chi connectivity index (χ2v) is 4.18. The highest BCUT2D eigenvalue weighted by Crippen LogP contribution is 2.10. The Morgan fingerprint density at radius 2 is 1.20 bits per heavy atom. The van der Waals surface area contributed by atoms with Gasteiger partial charge in [0.25, 0.3) is 5.89 Å². The molecule has 5 nitrogen and oxygen atoms in total. The summed E-state index contributed by atoms with van der Waals surface area (Å²) in [5.74, 6) is 0.752. The lowest BCUT2D eigenvalue weighted by Gasteiger charge is -1.88. The molecule has 0 aliphatic heterocycles. The van der Waals surface area contributed by atoms with Gasteiger partial charge in [0.05, 0.1) is 23.8 Å². The minimum absolute atomic E-state index is 0.341. The topological polar surface area (TPSA) is 63.6 Å². The van der Waals surface area contributed by atoms with Gasteiger partial charge in [-0.15, -0.1) is 0 Å². The van der Waals surface area contributed by atoms with Gasteiger partial charge in [-0.05, 0) is 24.3 Å². The van der Waals surface area contributed by atoms with Crippen molar-refractivity contribution in [3.8, 4) is 0 Å². The SMILES string of the molecule is C(=Nc1ccccc1)c1noc(C=Nc2ccccc2)n1.CC.CC. The molecule has 0 aliphatic carbocycles. The summed E-state index contributed by atoms with van der Waals surface area (Å²) >= 11 is 0. The summed E-state index contributed by atoms with van der Waals surface area (Å²) in [4.78, 5) is 12.7. The van der Waals surface area contributed by atoms with Crippen LogP contribution in [0.5, 0.6) is 0 Å². The molecule has 0 atom stereocenters. The monoisotopic (exact) mass is 336 g/mol. The summed E-state index contributed by atoms with van der Waals surface area (Å²) in [7, 11) is 0. The van der Waals surface area contributed by atoms with Crippen molar-refractivity contribution in [1.29, 1.82) is 0 Å².